The van der Waals surface area contributed by atoms with Crippen molar-refractivity contribution < 1.29 is 19.1 Å². The first kappa shape index (κ1) is 21.3. The molecule has 33 heavy (non-hydrogen) atoms. The van der Waals surface area contributed by atoms with Crippen LogP contribution in [-0.2, 0) is 4.79 Å². The monoisotopic (exact) mass is 477 g/mol. The quantitative estimate of drug-likeness (QED) is 0.366. The topological polar surface area (TPSA) is 89.6 Å². The molecule has 7 nitrogen and oxygen atoms in total. The van der Waals surface area contributed by atoms with Crippen LogP contribution in [0.5, 0.6) is 11.5 Å². The molecule has 0 aliphatic carbocycles. The molecule has 2 heterocycles. The highest BCUT2D eigenvalue weighted by Gasteiger charge is 2.16. The average molecular weight is 478 g/mol. The molecular weight excluding hydrogens is 458 g/mol. The van der Waals surface area contributed by atoms with Gasteiger partial charge in [-0.2, -0.15) is 0 Å². The normalized spacial score (nSPS) is 12.0. The molecule has 0 atom stereocenters. The number of aryl methyl sites for hydroxylation is 1. The van der Waals surface area contributed by atoms with Gasteiger partial charge >= 0.3 is 0 Å². The van der Waals surface area contributed by atoms with Crippen LogP contribution in [0.2, 0.25) is 0 Å². The lowest BCUT2D eigenvalue weighted by Crippen LogP contribution is -2.15. The van der Waals surface area contributed by atoms with E-state index in [-0.39, 0.29) is 24.4 Å². The fourth-order valence-electron chi connectivity index (χ4n) is 3.41. The number of hydrogen-bond acceptors (Lipinski definition) is 7. The third kappa shape index (κ3) is 4.79. The zero-order chi connectivity index (χ0) is 22.8. The zero-order valence-corrected chi connectivity index (χ0v) is 19.2. The summed E-state index contributed by atoms with van der Waals surface area (Å²) in [4.78, 5) is 30.6. The van der Waals surface area contributed by atoms with Gasteiger partial charge in [-0.1, -0.05) is 12.1 Å². The van der Waals surface area contributed by atoms with E-state index in [2.05, 4.69) is 15.6 Å². The molecule has 166 valence electrons. The number of hydrogen-bond donors (Lipinski definition) is 2. The molecule has 0 spiro atoms. The summed E-state index contributed by atoms with van der Waals surface area (Å²) in [5.41, 5.74) is 2.76. The van der Waals surface area contributed by atoms with Gasteiger partial charge in [0, 0.05) is 22.3 Å². The molecule has 0 fully saturated rings. The van der Waals surface area contributed by atoms with Crippen LogP contribution in [0.4, 0.5) is 11.4 Å². The molecule has 1 aliphatic heterocycles. The second-order valence-electron chi connectivity index (χ2n) is 7.27. The van der Waals surface area contributed by atoms with Crippen LogP contribution in [-0.4, -0.2) is 29.3 Å². The van der Waals surface area contributed by atoms with Gasteiger partial charge in [0.05, 0.1) is 26.5 Å². The second-order valence-corrected chi connectivity index (χ2v) is 9.52. The molecule has 2 N–H and O–H groups in total. The third-order valence-corrected chi connectivity index (χ3v) is 6.91. The van der Waals surface area contributed by atoms with E-state index in [4.69, 9.17) is 9.47 Å². The lowest BCUT2D eigenvalue weighted by atomic mass is 10.2. The Hall–Kier alpha value is -3.56. The number of rotatable bonds is 6. The number of nitrogens with zero attached hydrogens (tertiary/aromatic N) is 1. The fraction of sp³-hybridized carbons (Fsp3) is 0.125. The molecule has 0 saturated carbocycles. The first-order valence-electron chi connectivity index (χ1n) is 10.1. The lowest BCUT2D eigenvalue weighted by molar-refractivity contribution is -0.113. The molecule has 0 unspecified atom stereocenters. The van der Waals surface area contributed by atoms with Gasteiger partial charge in [-0.05, 0) is 49.4 Å². The van der Waals surface area contributed by atoms with Crippen LogP contribution in [0.25, 0.3) is 10.2 Å². The summed E-state index contributed by atoms with van der Waals surface area (Å²) in [6.45, 7) is 2.14. The number of thiazole rings is 1. The smallest absolute Gasteiger partial charge is 0.256 e. The maximum Gasteiger partial charge on any atom is 0.256 e. The van der Waals surface area contributed by atoms with Crippen molar-refractivity contribution in [1.29, 1.82) is 0 Å². The van der Waals surface area contributed by atoms with E-state index in [1.807, 2.05) is 37.3 Å². The molecule has 5 rings (SSSR count). The number of thioether (sulfide) groups is 1. The molecule has 1 aliphatic rings. The summed E-state index contributed by atoms with van der Waals surface area (Å²) in [6, 6.07) is 18.2. The third-order valence-electron chi connectivity index (χ3n) is 4.90. The summed E-state index contributed by atoms with van der Waals surface area (Å²) in [5, 5.41) is 6.78. The molecule has 1 aromatic heterocycles. The molecular formula is C24H19N3O4S2. The number of anilines is 2. The molecule has 9 heteroatoms. The Morgan fingerprint density at radius 2 is 1.79 bits per heavy atom. The van der Waals surface area contributed by atoms with Crippen molar-refractivity contribution >= 4 is 56.5 Å². The van der Waals surface area contributed by atoms with Crippen molar-refractivity contribution in [2.24, 2.45) is 0 Å². The van der Waals surface area contributed by atoms with Crippen LogP contribution in [0.3, 0.4) is 0 Å². The van der Waals surface area contributed by atoms with Gasteiger partial charge in [0.1, 0.15) is 0 Å². The predicted octanol–water partition coefficient (Wildman–Crippen LogP) is 5.32. The van der Waals surface area contributed by atoms with Gasteiger partial charge in [0.25, 0.3) is 5.91 Å². The van der Waals surface area contributed by atoms with Gasteiger partial charge in [0.2, 0.25) is 12.7 Å². The highest BCUT2D eigenvalue weighted by atomic mass is 32.2. The standard InChI is InChI=1S/C24H19N3O4S2/c1-14-25-18-8-6-16(11-22(18)33-14)27-24(29)17-4-2-3-5-21(17)32-12-23(28)26-15-7-9-19-20(10-15)31-13-30-19/h2-11H,12-13H2,1H3,(H,26,28)(H,27,29). The van der Waals surface area contributed by atoms with Gasteiger partial charge in [-0.3, -0.25) is 9.59 Å². The van der Waals surface area contributed by atoms with Crippen molar-refractivity contribution in [1.82, 2.24) is 4.98 Å². The fourth-order valence-corrected chi connectivity index (χ4v) is 5.13. The van der Waals surface area contributed by atoms with Crippen molar-refractivity contribution in [2.45, 2.75) is 11.8 Å². The van der Waals surface area contributed by atoms with E-state index < -0.39 is 0 Å². The Kier molecular flexibility index (Phi) is 5.89. The summed E-state index contributed by atoms with van der Waals surface area (Å²) in [6.07, 6.45) is 0. The van der Waals surface area contributed by atoms with E-state index >= 15 is 0 Å². The van der Waals surface area contributed by atoms with Crippen LogP contribution in [0.15, 0.2) is 65.6 Å². The Morgan fingerprint density at radius 3 is 2.70 bits per heavy atom. The molecule has 0 radical (unpaired) electrons. The minimum absolute atomic E-state index is 0.158. The average Bonchev–Trinajstić information content (AvgIpc) is 3.42. The Bertz CT molecular complexity index is 1370. The molecule has 0 bridgehead atoms. The van der Waals surface area contributed by atoms with Crippen molar-refractivity contribution in [3.05, 3.63) is 71.2 Å². The Balaban J connectivity index is 1.24. The number of fused-ring (bicyclic) bond motifs is 2. The summed E-state index contributed by atoms with van der Waals surface area (Å²) >= 11 is 2.89. The zero-order valence-electron chi connectivity index (χ0n) is 17.6. The first-order chi connectivity index (χ1) is 16.0. The van der Waals surface area contributed by atoms with Crippen LogP contribution >= 0.6 is 23.1 Å². The highest BCUT2D eigenvalue weighted by Crippen LogP contribution is 2.34. The largest absolute Gasteiger partial charge is 0.454 e. The van der Waals surface area contributed by atoms with Crippen molar-refractivity contribution in [3.8, 4) is 11.5 Å². The second kappa shape index (κ2) is 9.13. The number of benzene rings is 3. The maximum atomic E-state index is 13.0. The Labute approximate surface area is 198 Å². The van der Waals surface area contributed by atoms with E-state index in [1.165, 1.54) is 11.8 Å². The summed E-state index contributed by atoms with van der Waals surface area (Å²) in [7, 11) is 0. The first-order valence-corrected chi connectivity index (χ1v) is 12.0. The number of nitrogens with one attached hydrogen (secondary N) is 2. The van der Waals surface area contributed by atoms with Crippen LogP contribution < -0.4 is 20.1 Å². The Morgan fingerprint density at radius 1 is 1.00 bits per heavy atom. The van der Waals surface area contributed by atoms with Gasteiger partial charge < -0.3 is 20.1 Å². The van der Waals surface area contributed by atoms with Gasteiger partial charge in [-0.15, -0.1) is 23.1 Å². The van der Waals surface area contributed by atoms with Crippen LogP contribution in [0.1, 0.15) is 15.4 Å². The van der Waals surface area contributed by atoms with Crippen molar-refractivity contribution in [2.75, 3.05) is 23.2 Å². The molecule has 4 aromatic rings. The van der Waals surface area contributed by atoms with E-state index in [0.29, 0.717) is 28.4 Å². The maximum absolute atomic E-state index is 13.0. The minimum Gasteiger partial charge on any atom is -0.454 e. The number of carbonyl (C=O) groups is 2. The number of aromatic nitrogens is 1. The molecule has 2 amide bonds. The minimum atomic E-state index is -0.227. The number of carbonyl (C=O) groups excluding carboxylic acids is 2. The van der Waals surface area contributed by atoms with E-state index in [0.717, 1.165) is 20.1 Å². The summed E-state index contributed by atoms with van der Waals surface area (Å²) in [5.74, 6) is 1.02. The number of ether oxygens (including phenoxy) is 2. The molecule has 3 aromatic carbocycles. The number of amides is 2. The molecule has 0 saturated heterocycles. The lowest BCUT2D eigenvalue weighted by Gasteiger charge is -2.10. The predicted molar refractivity (Wildman–Crippen MR) is 131 cm³/mol. The SMILES string of the molecule is Cc1nc2ccc(NC(=O)c3ccccc3SCC(=O)Nc3ccc4c(c3)OCO4)cc2s1. The van der Waals surface area contributed by atoms with E-state index in [9.17, 15) is 9.59 Å². The van der Waals surface area contributed by atoms with Crippen molar-refractivity contribution in [3.63, 3.8) is 0 Å². The van der Waals surface area contributed by atoms with Crippen LogP contribution in [0, 0.1) is 6.92 Å². The highest BCUT2D eigenvalue weighted by molar-refractivity contribution is 8.00. The van der Waals surface area contributed by atoms with Gasteiger partial charge in [-0.25, -0.2) is 4.98 Å². The van der Waals surface area contributed by atoms with E-state index in [1.54, 1.807) is 41.7 Å². The summed E-state index contributed by atoms with van der Waals surface area (Å²) < 4.78 is 11.6. The van der Waals surface area contributed by atoms with Gasteiger partial charge in [0.15, 0.2) is 11.5 Å².